The molecule has 1 saturated heterocycles. The van der Waals surface area contributed by atoms with E-state index in [4.69, 9.17) is 4.84 Å². The second-order valence-corrected chi connectivity index (χ2v) is 6.79. The molecule has 0 unspecified atom stereocenters. The first-order valence-corrected chi connectivity index (χ1v) is 8.52. The van der Waals surface area contributed by atoms with E-state index in [0.717, 1.165) is 18.5 Å². The number of benzene rings is 2. The average Bonchev–Trinajstić information content (AvgIpc) is 2.95. The van der Waals surface area contributed by atoms with Crippen molar-refractivity contribution in [3.8, 4) is 0 Å². The van der Waals surface area contributed by atoms with Crippen LogP contribution in [-0.2, 0) is 4.84 Å². The lowest BCUT2D eigenvalue weighted by molar-refractivity contribution is 0.0125. The van der Waals surface area contributed by atoms with Gasteiger partial charge in [-0.3, -0.25) is 4.84 Å². The Kier molecular flexibility index (Phi) is 3.70. The van der Waals surface area contributed by atoms with Gasteiger partial charge in [-0.15, -0.1) is 0 Å². The maximum absolute atomic E-state index is 6.57. The molecule has 2 heteroatoms. The Bertz CT molecular complexity index is 645. The van der Waals surface area contributed by atoms with Crippen LogP contribution in [0, 0.1) is 0 Å². The smallest absolute Gasteiger partial charge is 0.117 e. The maximum atomic E-state index is 6.57. The molecule has 2 aliphatic rings. The summed E-state index contributed by atoms with van der Waals surface area (Å²) in [6, 6.07) is 21.5. The third-order valence-corrected chi connectivity index (χ3v) is 4.98. The molecular formula is C21H23NO. The highest BCUT2D eigenvalue weighted by Gasteiger charge is 2.45. The van der Waals surface area contributed by atoms with Crippen LogP contribution in [0.2, 0.25) is 0 Å². The molecule has 4 rings (SSSR count). The van der Waals surface area contributed by atoms with Gasteiger partial charge in [0, 0.05) is 6.42 Å². The van der Waals surface area contributed by atoms with Gasteiger partial charge < -0.3 is 0 Å². The first-order chi connectivity index (χ1) is 11.3. The van der Waals surface area contributed by atoms with Gasteiger partial charge in [0.25, 0.3) is 0 Å². The van der Waals surface area contributed by atoms with Gasteiger partial charge in [-0.1, -0.05) is 60.2 Å². The summed E-state index contributed by atoms with van der Waals surface area (Å²) < 4.78 is 0. The van der Waals surface area contributed by atoms with Crippen LogP contribution in [0.5, 0.6) is 0 Å². The van der Waals surface area contributed by atoms with E-state index in [-0.39, 0.29) is 11.6 Å². The molecule has 2 aromatic rings. The van der Waals surface area contributed by atoms with Gasteiger partial charge in [-0.25, -0.2) is 5.06 Å². The molecule has 1 spiro atoms. The van der Waals surface area contributed by atoms with E-state index in [1.807, 2.05) is 0 Å². The minimum absolute atomic E-state index is 0.140. The Morgan fingerprint density at radius 1 is 1.00 bits per heavy atom. The van der Waals surface area contributed by atoms with Gasteiger partial charge in [-0.2, -0.15) is 0 Å². The molecule has 1 fully saturated rings. The molecule has 0 amide bonds. The van der Waals surface area contributed by atoms with Crippen LogP contribution in [0.1, 0.15) is 44.2 Å². The fourth-order valence-electron chi connectivity index (χ4n) is 3.94. The lowest BCUT2D eigenvalue weighted by Gasteiger charge is -2.30. The standard InChI is InChI=1S/C21H23NO/c1-17-9-8-14-21(15-17)16-20(18-10-4-2-5-11-18)22(23-21)19-12-6-3-7-13-19/h2-7,10-13,15,20H,8-9,14,16H2,1H3/t20-,21-/m1/s1. The highest BCUT2D eigenvalue weighted by atomic mass is 16.7. The largest absolute Gasteiger partial charge is 0.262 e. The molecule has 2 atom stereocenters. The van der Waals surface area contributed by atoms with Crippen LogP contribution in [0.4, 0.5) is 5.69 Å². The second kappa shape index (κ2) is 5.86. The lowest BCUT2D eigenvalue weighted by atomic mass is 9.82. The molecule has 1 aliphatic heterocycles. The number of allylic oxidation sites excluding steroid dienone is 1. The number of hydrogen-bond donors (Lipinski definition) is 0. The van der Waals surface area contributed by atoms with Crippen molar-refractivity contribution >= 4 is 5.69 Å². The van der Waals surface area contributed by atoms with Crippen molar-refractivity contribution in [2.24, 2.45) is 0 Å². The number of anilines is 1. The molecule has 2 nitrogen and oxygen atoms in total. The summed E-state index contributed by atoms with van der Waals surface area (Å²) in [7, 11) is 0. The van der Waals surface area contributed by atoms with E-state index < -0.39 is 0 Å². The van der Waals surface area contributed by atoms with Crippen molar-refractivity contribution in [2.45, 2.75) is 44.2 Å². The summed E-state index contributed by atoms with van der Waals surface area (Å²) in [4.78, 5) is 6.57. The monoisotopic (exact) mass is 305 g/mol. The highest BCUT2D eigenvalue weighted by molar-refractivity contribution is 5.48. The van der Waals surface area contributed by atoms with Crippen molar-refractivity contribution in [2.75, 3.05) is 5.06 Å². The van der Waals surface area contributed by atoms with Crippen molar-refractivity contribution in [3.05, 3.63) is 77.9 Å². The predicted octanol–water partition coefficient (Wildman–Crippen LogP) is 5.44. The first kappa shape index (κ1) is 14.5. The topological polar surface area (TPSA) is 12.5 Å². The van der Waals surface area contributed by atoms with Gasteiger partial charge >= 0.3 is 0 Å². The van der Waals surface area contributed by atoms with Crippen LogP contribution in [0.3, 0.4) is 0 Å². The summed E-state index contributed by atoms with van der Waals surface area (Å²) in [5, 5.41) is 2.13. The van der Waals surface area contributed by atoms with Crippen molar-refractivity contribution in [1.82, 2.24) is 0 Å². The lowest BCUT2D eigenvalue weighted by Crippen LogP contribution is -2.31. The van der Waals surface area contributed by atoms with Gasteiger partial charge in [0.15, 0.2) is 0 Å². The first-order valence-electron chi connectivity index (χ1n) is 8.52. The quantitative estimate of drug-likeness (QED) is 0.685. The number of hydrogen-bond acceptors (Lipinski definition) is 2. The Morgan fingerprint density at radius 2 is 1.70 bits per heavy atom. The zero-order valence-electron chi connectivity index (χ0n) is 13.6. The molecule has 0 bridgehead atoms. The SMILES string of the molecule is CC1=C[C@]2(CCC1)C[C@H](c1ccccc1)N(c1ccccc1)O2. The Labute approximate surface area is 138 Å². The summed E-state index contributed by atoms with van der Waals surface area (Å²) in [6.45, 7) is 2.23. The van der Waals surface area contributed by atoms with Crippen LogP contribution in [0.15, 0.2) is 72.3 Å². The van der Waals surface area contributed by atoms with E-state index in [2.05, 4.69) is 78.7 Å². The molecule has 0 radical (unpaired) electrons. The number of rotatable bonds is 2. The molecular weight excluding hydrogens is 282 g/mol. The second-order valence-electron chi connectivity index (χ2n) is 6.79. The molecule has 0 aromatic heterocycles. The van der Waals surface area contributed by atoms with Crippen molar-refractivity contribution in [1.29, 1.82) is 0 Å². The summed E-state index contributed by atoms with van der Waals surface area (Å²) in [5.41, 5.74) is 3.77. The Hall–Kier alpha value is -2.06. The van der Waals surface area contributed by atoms with E-state index >= 15 is 0 Å². The van der Waals surface area contributed by atoms with E-state index in [1.165, 1.54) is 24.0 Å². The molecule has 2 aromatic carbocycles. The van der Waals surface area contributed by atoms with E-state index in [0.29, 0.717) is 0 Å². The third kappa shape index (κ3) is 2.79. The molecule has 1 heterocycles. The molecule has 0 saturated carbocycles. The number of hydroxylamine groups is 1. The molecule has 0 N–H and O–H groups in total. The number of nitrogens with zero attached hydrogens (tertiary/aromatic N) is 1. The maximum Gasteiger partial charge on any atom is 0.117 e. The van der Waals surface area contributed by atoms with Gasteiger partial charge in [0.05, 0.1) is 11.7 Å². The minimum atomic E-state index is -0.140. The fraction of sp³-hybridized carbons (Fsp3) is 0.333. The minimum Gasteiger partial charge on any atom is -0.262 e. The molecule has 1 aliphatic carbocycles. The highest BCUT2D eigenvalue weighted by Crippen LogP contribution is 2.48. The summed E-state index contributed by atoms with van der Waals surface area (Å²) in [5.74, 6) is 0. The van der Waals surface area contributed by atoms with Gasteiger partial charge in [0.1, 0.15) is 5.60 Å². The zero-order chi connectivity index (χ0) is 15.7. The van der Waals surface area contributed by atoms with Crippen molar-refractivity contribution < 1.29 is 4.84 Å². The Balaban J connectivity index is 1.74. The van der Waals surface area contributed by atoms with Crippen molar-refractivity contribution in [3.63, 3.8) is 0 Å². The van der Waals surface area contributed by atoms with E-state index in [1.54, 1.807) is 0 Å². The normalized spacial score (nSPS) is 27.3. The predicted molar refractivity (Wildman–Crippen MR) is 94.1 cm³/mol. The average molecular weight is 305 g/mol. The molecule has 118 valence electrons. The van der Waals surface area contributed by atoms with Crippen LogP contribution in [-0.4, -0.2) is 5.60 Å². The summed E-state index contributed by atoms with van der Waals surface area (Å²) in [6.07, 6.45) is 6.91. The van der Waals surface area contributed by atoms with Gasteiger partial charge in [-0.05, 0) is 43.9 Å². The Morgan fingerprint density at radius 3 is 2.39 bits per heavy atom. The molecule has 23 heavy (non-hydrogen) atoms. The van der Waals surface area contributed by atoms with E-state index in [9.17, 15) is 0 Å². The van der Waals surface area contributed by atoms with Crippen LogP contribution in [0.25, 0.3) is 0 Å². The van der Waals surface area contributed by atoms with Crippen LogP contribution < -0.4 is 5.06 Å². The van der Waals surface area contributed by atoms with Gasteiger partial charge in [0.2, 0.25) is 0 Å². The third-order valence-electron chi connectivity index (χ3n) is 4.98. The zero-order valence-corrected chi connectivity index (χ0v) is 13.6. The fourth-order valence-corrected chi connectivity index (χ4v) is 3.94. The number of para-hydroxylation sites is 1. The van der Waals surface area contributed by atoms with Crippen LogP contribution >= 0.6 is 0 Å². The summed E-state index contributed by atoms with van der Waals surface area (Å²) >= 11 is 0.